The SMILES string of the molecule is Cc1nc(SCc2ccccc2B(O)O)nc(C)c1C. The fourth-order valence-electron chi connectivity index (χ4n) is 1.87. The largest absolute Gasteiger partial charge is 0.488 e. The third kappa shape index (κ3) is 3.39. The lowest BCUT2D eigenvalue weighted by Gasteiger charge is -2.09. The van der Waals surface area contributed by atoms with Gasteiger partial charge in [0.15, 0.2) is 5.16 Å². The quantitative estimate of drug-likeness (QED) is 0.505. The van der Waals surface area contributed by atoms with Gasteiger partial charge in [-0.2, -0.15) is 0 Å². The Morgan fingerprint density at radius 3 is 2.25 bits per heavy atom. The van der Waals surface area contributed by atoms with E-state index >= 15 is 0 Å². The first-order valence-corrected chi connectivity index (χ1v) is 7.36. The highest BCUT2D eigenvalue weighted by Crippen LogP contribution is 2.20. The standard InChI is InChI=1S/C14H17BN2O2S/c1-9-10(2)16-14(17-11(9)3)20-8-12-6-4-5-7-13(12)15(18)19/h4-7,18-19H,8H2,1-3H3. The van der Waals surface area contributed by atoms with Crippen LogP contribution >= 0.6 is 11.8 Å². The van der Waals surface area contributed by atoms with Crippen LogP contribution in [0.25, 0.3) is 0 Å². The molecule has 4 nitrogen and oxygen atoms in total. The number of aromatic nitrogens is 2. The van der Waals surface area contributed by atoms with Gasteiger partial charge in [0, 0.05) is 17.1 Å². The molecule has 2 N–H and O–H groups in total. The van der Waals surface area contributed by atoms with Gasteiger partial charge in [0.1, 0.15) is 0 Å². The molecule has 104 valence electrons. The lowest BCUT2D eigenvalue weighted by Crippen LogP contribution is -2.32. The van der Waals surface area contributed by atoms with Gasteiger partial charge < -0.3 is 10.0 Å². The lowest BCUT2D eigenvalue weighted by atomic mass is 9.77. The van der Waals surface area contributed by atoms with Crippen molar-refractivity contribution in [1.29, 1.82) is 0 Å². The van der Waals surface area contributed by atoms with Crippen LogP contribution in [0, 0.1) is 20.8 Å². The van der Waals surface area contributed by atoms with E-state index in [0.717, 1.165) is 22.5 Å². The Kier molecular flexibility index (Phi) is 4.80. The summed E-state index contributed by atoms with van der Waals surface area (Å²) in [7, 11) is -1.45. The molecule has 0 atom stereocenters. The first kappa shape index (κ1) is 15.0. The van der Waals surface area contributed by atoms with Gasteiger partial charge in [-0.1, -0.05) is 36.0 Å². The van der Waals surface area contributed by atoms with Crippen molar-refractivity contribution < 1.29 is 10.0 Å². The maximum Gasteiger partial charge on any atom is 0.488 e. The fourth-order valence-corrected chi connectivity index (χ4v) is 2.82. The molecule has 0 bridgehead atoms. The molecule has 2 aromatic rings. The summed E-state index contributed by atoms with van der Waals surface area (Å²) in [5.74, 6) is 0.607. The van der Waals surface area contributed by atoms with Gasteiger partial charge in [-0.25, -0.2) is 9.97 Å². The first-order valence-electron chi connectivity index (χ1n) is 6.37. The van der Waals surface area contributed by atoms with Gasteiger partial charge in [0.25, 0.3) is 0 Å². The van der Waals surface area contributed by atoms with Crippen LogP contribution in [0.3, 0.4) is 0 Å². The van der Waals surface area contributed by atoms with Crippen LogP contribution in [-0.4, -0.2) is 27.1 Å². The minimum atomic E-state index is -1.45. The molecule has 1 aromatic carbocycles. The predicted octanol–water partition coefficient (Wildman–Crippen LogP) is 1.37. The monoisotopic (exact) mass is 288 g/mol. The van der Waals surface area contributed by atoms with Crippen molar-refractivity contribution in [2.24, 2.45) is 0 Å². The Morgan fingerprint density at radius 2 is 1.65 bits per heavy atom. The summed E-state index contributed by atoms with van der Waals surface area (Å²) in [5, 5.41) is 19.4. The van der Waals surface area contributed by atoms with Gasteiger partial charge in [-0.3, -0.25) is 0 Å². The molecular weight excluding hydrogens is 271 g/mol. The van der Waals surface area contributed by atoms with Crippen molar-refractivity contribution in [1.82, 2.24) is 9.97 Å². The van der Waals surface area contributed by atoms with Crippen LogP contribution in [0.15, 0.2) is 29.4 Å². The van der Waals surface area contributed by atoms with Crippen molar-refractivity contribution in [3.05, 3.63) is 46.8 Å². The average molecular weight is 288 g/mol. The highest BCUT2D eigenvalue weighted by Gasteiger charge is 2.15. The first-order chi connectivity index (χ1) is 9.49. The Hall–Kier alpha value is -1.37. The molecule has 0 fully saturated rings. The van der Waals surface area contributed by atoms with E-state index in [1.54, 1.807) is 12.1 Å². The molecular formula is C14H17BN2O2S. The minimum Gasteiger partial charge on any atom is -0.423 e. The third-order valence-corrected chi connectivity index (χ3v) is 4.20. The topological polar surface area (TPSA) is 66.2 Å². The molecule has 0 radical (unpaired) electrons. The lowest BCUT2D eigenvalue weighted by molar-refractivity contribution is 0.425. The number of thioether (sulfide) groups is 1. The predicted molar refractivity (Wildman–Crippen MR) is 82.1 cm³/mol. The molecule has 0 spiro atoms. The van der Waals surface area contributed by atoms with Crippen LogP contribution in [0.1, 0.15) is 22.5 Å². The maximum atomic E-state index is 9.34. The van der Waals surface area contributed by atoms with Crippen molar-refractivity contribution >= 4 is 24.3 Å². The van der Waals surface area contributed by atoms with E-state index in [-0.39, 0.29) is 0 Å². The summed E-state index contributed by atoms with van der Waals surface area (Å²) in [6, 6.07) is 7.27. The Labute approximate surface area is 123 Å². The Bertz CT molecular complexity index is 597. The molecule has 0 saturated heterocycles. The van der Waals surface area contributed by atoms with Crippen LogP contribution in [0.2, 0.25) is 0 Å². The van der Waals surface area contributed by atoms with Gasteiger partial charge in [0.2, 0.25) is 0 Å². The Balaban J connectivity index is 2.17. The van der Waals surface area contributed by atoms with E-state index in [4.69, 9.17) is 0 Å². The fraction of sp³-hybridized carbons (Fsp3) is 0.286. The highest BCUT2D eigenvalue weighted by molar-refractivity contribution is 7.98. The van der Waals surface area contributed by atoms with E-state index in [9.17, 15) is 10.0 Å². The van der Waals surface area contributed by atoms with Gasteiger partial charge in [-0.15, -0.1) is 0 Å². The smallest absolute Gasteiger partial charge is 0.423 e. The van der Waals surface area contributed by atoms with Crippen molar-refractivity contribution in [2.75, 3.05) is 0 Å². The summed E-state index contributed by atoms with van der Waals surface area (Å²) < 4.78 is 0. The normalized spacial score (nSPS) is 10.7. The van der Waals surface area contributed by atoms with Crippen molar-refractivity contribution in [3.63, 3.8) is 0 Å². The number of rotatable bonds is 4. The molecule has 2 rings (SSSR count). The summed E-state index contributed by atoms with van der Waals surface area (Å²) in [6.07, 6.45) is 0. The van der Waals surface area contributed by atoms with Crippen LogP contribution in [0.5, 0.6) is 0 Å². The second-order valence-electron chi connectivity index (χ2n) is 4.66. The van der Waals surface area contributed by atoms with Crippen LogP contribution < -0.4 is 5.46 Å². The second-order valence-corrected chi connectivity index (χ2v) is 5.61. The van der Waals surface area contributed by atoms with E-state index in [0.29, 0.717) is 16.4 Å². The van der Waals surface area contributed by atoms with Crippen molar-refractivity contribution in [3.8, 4) is 0 Å². The van der Waals surface area contributed by atoms with Crippen LogP contribution in [-0.2, 0) is 5.75 Å². The number of aryl methyl sites for hydroxylation is 2. The van der Waals surface area contributed by atoms with Gasteiger partial charge >= 0.3 is 7.12 Å². The minimum absolute atomic E-state index is 0.528. The summed E-state index contributed by atoms with van der Waals surface area (Å²) in [5.41, 5.74) is 4.49. The van der Waals surface area contributed by atoms with E-state index < -0.39 is 7.12 Å². The molecule has 6 heteroatoms. The van der Waals surface area contributed by atoms with E-state index in [2.05, 4.69) is 9.97 Å². The molecule has 0 aliphatic heterocycles. The number of benzene rings is 1. The summed E-state index contributed by atoms with van der Waals surface area (Å²) >= 11 is 1.50. The number of nitrogens with zero attached hydrogens (tertiary/aromatic N) is 2. The zero-order valence-corrected chi connectivity index (χ0v) is 12.6. The van der Waals surface area contributed by atoms with Gasteiger partial charge in [0.05, 0.1) is 0 Å². The summed E-state index contributed by atoms with van der Waals surface area (Å²) in [6.45, 7) is 5.95. The highest BCUT2D eigenvalue weighted by atomic mass is 32.2. The zero-order chi connectivity index (χ0) is 14.7. The molecule has 0 amide bonds. The van der Waals surface area contributed by atoms with Crippen molar-refractivity contribution in [2.45, 2.75) is 31.7 Å². The molecule has 0 aliphatic carbocycles. The van der Waals surface area contributed by atoms with Gasteiger partial charge in [-0.05, 0) is 37.4 Å². The number of hydrogen-bond acceptors (Lipinski definition) is 5. The second kappa shape index (κ2) is 6.39. The molecule has 20 heavy (non-hydrogen) atoms. The molecule has 1 heterocycles. The maximum absolute atomic E-state index is 9.34. The zero-order valence-electron chi connectivity index (χ0n) is 11.8. The molecule has 0 unspecified atom stereocenters. The number of hydrogen-bond donors (Lipinski definition) is 2. The average Bonchev–Trinajstić information content (AvgIpc) is 2.42. The molecule has 0 aliphatic rings. The third-order valence-electron chi connectivity index (χ3n) is 3.30. The molecule has 1 aromatic heterocycles. The molecule has 0 saturated carbocycles. The van der Waals surface area contributed by atoms with E-state index in [1.807, 2.05) is 32.9 Å². The Morgan fingerprint density at radius 1 is 1.05 bits per heavy atom. The van der Waals surface area contributed by atoms with E-state index in [1.165, 1.54) is 11.8 Å². The van der Waals surface area contributed by atoms with Crippen LogP contribution in [0.4, 0.5) is 0 Å². The summed E-state index contributed by atoms with van der Waals surface area (Å²) in [4.78, 5) is 8.90.